The lowest BCUT2D eigenvalue weighted by Gasteiger charge is -2.06. The maximum Gasteiger partial charge on any atom is 0.354 e. The van der Waals surface area contributed by atoms with Crippen LogP contribution < -0.4 is 0 Å². The number of aromatic nitrogens is 4. The van der Waals surface area contributed by atoms with Gasteiger partial charge in [-0.05, 0) is 38.1 Å². The third-order valence-corrected chi connectivity index (χ3v) is 5.80. The van der Waals surface area contributed by atoms with Crippen LogP contribution >= 0.6 is 23.4 Å². The van der Waals surface area contributed by atoms with Gasteiger partial charge >= 0.3 is 5.97 Å². The van der Waals surface area contributed by atoms with E-state index < -0.39 is 5.97 Å². The van der Waals surface area contributed by atoms with Crippen molar-refractivity contribution in [3.05, 3.63) is 65.2 Å². The number of rotatable bonds is 5. The molecule has 0 saturated heterocycles. The summed E-state index contributed by atoms with van der Waals surface area (Å²) in [6.45, 7) is 4.05. The number of carboxylic acids is 1. The van der Waals surface area contributed by atoms with Gasteiger partial charge in [-0.3, -0.25) is 9.25 Å². The van der Waals surface area contributed by atoms with Crippen LogP contribution in [-0.2, 0) is 0 Å². The summed E-state index contributed by atoms with van der Waals surface area (Å²) in [4.78, 5) is 16.1. The normalized spacial score (nSPS) is 11.2. The van der Waals surface area contributed by atoms with Crippen LogP contribution in [0.1, 0.15) is 36.1 Å². The molecule has 150 valence electrons. The Kier molecular flexibility index (Phi) is 5.24. The minimum Gasteiger partial charge on any atom is -0.477 e. The summed E-state index contributed by atoms with van der Waals surface area (Å²) in [6, 6.07) is 12.7. The van der Waals surface area contributed by atoms with Crippen molar-refractivity contribution < 1.29 is 9.90 Å². The Morgan fingerprint density at radius 2 is 2.10 bits per heavy atom. The molecule has 0 saturated carbocycles. The molecule has 0 amide bonds. The monoisotopic (exact) mass is 437 g/mol. The van der Waals surface area contributed by atoms with E-state index in [0.29, 0.717) is 20.6 Å². The maximum absolute atomic E-state index is 11.3. The third kappa shape index (κ3) is 3.54. The molecule has 0 unspecified atom stereocenters. The highest BCUT2D eigenvalue weighted by atomic mass is 35.5. The number of carbonyl (C=O) groups is 1. The zero-order chi connectivity index (χ0) is 21.4. The minimum atomic E-state index is -1.10. The maximum atomic E-state index is 11.3. The number of hydrogen-bond donors (Lipinski definition) is 1. The first kappa shape index (κ1) is 20.0. The topological polar surface area (TPSA) is 96.7 Å². The number of fused-ring (bicyclic) bond motifs is 1. The Balaban J connectivity index is 1.93. The summed E-state index contributed by atoms with van der Waals surface area (Å²) in [6.07, 6.45) is 3.59. The smallest absolute Gasteiger partial charge is 0.354 e. The van der Waals surface area contributed by atoms with Crippen LogP contribution in [0.4, 0.5) is 0 Å². The SMILES string of the molecule is CC(C)n1cc(-n2c(C#N)c(Sc3cccc(C(=O)O)n3)c3ccc(Cl)cc32)cn1. The van der Waals surface area contributed by atoms with Crippen molar-refractivity contribution in [1.82, 2.24) is 19.3 Å². The van der Waals surface area contributed by atoms with Crippen LogP contribution in [0, 0.1) is 11.3 Å². The van der Waals surface area contributed by atoms with E-state index in [1.54, 1.807) is 30.5 Å². The van der Waals surface area contributed by atoms with E-state index in [-0.39, 0.29) is 11.7 Å². The van der Waals surface area contributed by atoms with Gasteiger partial charge in [-0.25, -0.2) is 9.78 Å². The average molecular weight is 438 g/mol. The van der Waals surface area contributed by atoms with E-state index in [4.69, 9.17) is 11.6 Å². The van der Waals surface area contributed by atoms with Crippen LogP contribution in [0.15, 0.2) is 58.7 Å². The van der Waals surface area contributed by atoms with E-state index in [0.717, 1.165) is 16.6 Å². The Morgan fingerprint density at radius 1 is 1.30 bits per heavy atom. The second-order valence-corrected chi connectivity index (χ2v) is 8.29. The number of halogens is 1. The molecule has 0 aliphatic rings. The van der Waals surface area contributed by atoms with E-state index >= 15 is 0 Å². The Hall–Kier alpha value is -3.28. The molecule has 4 rings (SSSR count). The summed E-state index contributed by atoms with van der Waals surface area (Å²) in [5, 5.41) is 25.5. The average Bonchev–Trinajstić information content (AvgIpc) is 3.31. The van der Waals surface area contributed by atoms with Gasteiger partial charge in [0.25, 0.3) is 0 Å². The van der Waals surface area contributed by atoms with Crippen molar-refractivity contribution >= 4 is 40.2 Å². The van der Waals surface area contributed by atoms with Gasteiger partial charge in [-0.2, -0.15) is 10.4 Å². The molecule has 0 spiro atoms. The zero-order valence-corrected chi connectivity index (χ0v) is 17.6. The van der Waals surface area contributed by atoms with E-state index in [1.807, 2.05) is 35.4 Å². The van der Waals surface area contributed by atoms with Crippen LogP contribution in [0.5, 0.6) is 0 Å². The summed E-state index contributed by atoms with van der Waals surface area (Å²) in [5.74, 6) is -1.10. The van der Waals surface area contributed by atoms with Gasteiger partial charge in [-0.15, -0.1) is 0 Å². The van der Waals surface area contributed by atoms with Crippen molar-refractivity contribution in [2.45, 2.75) is 29.8 Å². The molecule has 0 aliphatic carbocycles. The standard InChI is InChI=1S/C21H16ClN5O2S/c1-12(2)26-11-14(10-24-26)27-17-8-13(22)6-7-15(17)20(18(27)9-23)30-19-5-3-4-16(25-19)21(28)29/h3-8,10-12H,1-2H3,(H,28,29). The highest BCUT2D eigenvalue weighted by Gasteiger charge is 2.21. The molecule has 0 atom stereocenters. The molecular weight excluding hydrogens is 422 g/mol. The molecule has 0 radical (unpaired) electrons. The number of benzene rings is 1. The Morgan fingerprint density at radius 3 is 2.77 bits per heavy atom. The van der Waals surface area contributed by atoms with Gasteiger partial charge in [0.05, 0.1) is 22.3 Å². The number of pyridine rings is 1. The molecule has 0 bridgehead atoms. The molecule has 1 N–H and O–H groups in total. The molecule has 30 heavy (non-hydrogen) atoms. The van der Waals surface area contributed by atoms with Crippen LogP contribution in [0.2, 0.25) is 5.02 Å². The van der Waals surface area contributed by atoms with Crippen molar-refractivity contribution in [1.29, 1.82) is 5.26 Å². The van der Waals surface area contributed by atoms with Gasteiger partial charge in [-0.1, -0.05) is 35.5 Å². The number of carboxylic acid groups (broad SMARTS) is 1. The molecule has 3 heterocycles. The fourth-order valence-electron chi connectivity index (χ4n) is 3.12. The van der Waals surface area contributed by atoms with Crippen molar-refractivity contribution in [3.8, 4) is 11.8 Å². The molecular formula is C21H16ClN5O2S. The van der Waals surface area contributed by atoms with E-state index in [1.165, 1.54) is 17.8 Å². The Labute approximate surface area is 181 Å². The van der Waals surface area contributed by atoms with E-state index in [2.05, 4.69) is 16.2 Å². The molecule has 9 heteroatoms. The predicted molar refractivity (Wildman–Crippen MR) is 114 cm³/mol. The molecule has 0 aliphatic heterocycles. The minimum absolute atomic E-state index is 0.0523. The first-order valence-electron chi connectivity index (χ1n) is 9.06. The lowest BCUT2D eigenvalue weighted by molar-refractivity contribution is 0.0689. The van der Waals surface area contributed by atoms with E-state index in [9.17, 15) is 15.2 Å². The summed E-state index contributed by atoms with van der Waals surface area (Å²) >= 11 is 7.50. The Bertz CT molecular complexity index is 1320. The summed E-state index contributed by atoms with van der Waals surface area (Å²) in [7, 11) is 0. The van der Waals surface area contributed by atoms with Gasteiger partial charge in [0.2, 0.25) is 0 Å². The third-order valence-electron chi connectivity index (χ3n) is 4.51. The highest BCUT2D eigenvalue weighted by molar-refractivity contribution is 7.99. The first-order valence-corrected chi connectivity index (χ1v) is 10.2. The molecule has 3 aromatic heterocycles. The van der Waals surface area contributed by atoms with Crippen molar-refractivity contribution in [2.75, 3.05) is 0 Å². The number of nitrogens with zero attached hydrogens (tertiary/aromatic N) is 5. The highest BCUT2D eigenvalue weighted by Crippen LogP contribution is 2.40. The quantitative estimate of drug-likeness (QED) is 0.462. The number of aromatic carboxylic acids is 1. The van der Waals surface area contributed by atoms with Crippen LogP contribution in [-0.4, -0.2) is 30.4 Å². The fourth-order valence-corrected chi connectivity index (χ4v) is 4.31. The van der Waals surface area contributed by atoms with Crippen molar-refractivity contribution in [3.63, 3.8) is 0 Å². The summed E-state index contributed by atoms with van der Waals surface area (Å²) in [5.41, 5.74) is 1.86. The zero-order valence-electron chi connectivity index (χ0n) is 16.1. The first-order chi connectivity index (χ1) is 14.4. The van der Waals surface area contributed by atoms with Gasteiger partial charge in [0.1, 0.15) is 22.5 Å². The largest absolute Gasteiger partial charge is 0.477 e. The lowest BCUT2D eigenvalue weighted by atomic mass is 10.2. The van der Waals surface area contributed by atoms with Crippen LogP contribution in [0.3, 0.4) is 0 Å². The van der Waals surface area contributed by atoms with Crippen molar-refractivity contribution in [2.24, 2.45) is 0 Å². The lowest BCUT2D eigenvalue weighted by Crippen LogP contribution is -2.01. The van der Waals surface area contributed by atoms with Gasteiger partial charge in [0.15, 0.2) is 0 Å². The second kappa shape index (κ2) is 7.86. The number of hydrogen-bond acceptors (Lipinski definition) is 5. The molecule has 7 nitrogen and oxygen atoms in total. The molecule has 0 fully saturated rings. The summed E-state index contributed by atoms with van der Waals surface area (Å²) < 4.78 is 3.63. The predicted octanol–water partition coefficient (Wildman–Crippen LogP) is 5.18. The second-order valence-electron chi connectivity index (χ2n) is 6.83. The number of nitriles is 1. The fraction of sp³-hybridized carbons (Fsp3) is 0.143. The van der Waals surface area contributed by atoms with Gasteiger partial charge < -0.3 is 5.11 Å². The molecule has 4 aromatic rings. The van der Waals surface area contributed by atoms with Gasteiger partial charge in [0, 0.05) is 22.6 Å². The van der Waals surface area contributed by atoms with Crippen LogP contribution in [0.25, 0.3) is 16.6 Å². The molecule has 1 aromatic carbocycles.